The number of thioether (sulfide) groups is 1. The lowest BCUT2D eigenvalue weighted by atomic mass is 10.2. The van der Waals surface area contributed by atoms with Crippen LogP contribution in [0.3, 0.4) is 0 Å². The lowest BCUT2D eigenvalue weighted by molar-refractivity contribution is -0.118. The van der Waals surface area contributed by atoms with Crippen molar-refractivity contribution in [3.63, 3.8) is 0 Å². The quantitative estimate of drug-likeness (QED) is 0.217. The van der Waals surface area contributed by atoms with Gasteiger partial charge in [-0.2, -0.15) is 0 Å². The largest absolute Gasteiger partial charge is 0.341 e. The minimum atomic E-state index is -0.412. The highest BCUT2D eigenvalue weighted by molar-refractivity contribution is 7.99. The number of hydrogen-bond acceptors (Lipinski definition) is 5. The number of fused-ring (bicyclic) bond motifs is 1. The maximum Gasteiger partial charge on any atom is 0.218 e. The van der Waals surface area contributed by atoms with Gasteiger partial charge in [-0.3, -0.25) is 4.79 Å². The van der Waals surface area contributed by atoms with E-state index in [2.05, 4.69) is 30.0 Å². The van der Waals surface area contributed by atoms with Crippen LogP contribution in [-0.2, 0) is 4.79 Å². The molecule has 9 heteroatoms. The van der Waals surface area contributed by atoms with E-state index >= 15 is 0 Å². The zero-order valence-electron chi connectivity index (χ0n) is 9.98. The molecule has 0 radical (unpaired) electrons. The van der Waals surface area contributed by atoms with E-state index < -0.39 is 5.91 Å². The highest BCUT2D eigenvalue weighted by atomic mass is 32.2. The standard InChI is InChI=1S/C10H11N7OS/c11-17-16-7(18)3-1-2-4-19-10-8-9(13-5-12-8)14-6-15-10/h5-6H,1-4H2,(H,12,13,14,15). The first-order valence-electron chi connectivity index (χ1n) is 5.66. The van der Waals surface area contributed by atoms with Crippen molar-refractivity contribution < 1.29 is 4.79 Å². The summed E-state index contributed by atoms with van der Waals surface area (Å²) in [5, 5.41) is 3.87. The van der Waals surface area contributed by atoms with Gasteiger partial charge in [0.1, 0.15) is 16.9 Å². The molecule has 0 saturated heterocycles. The van der Waals surface area contributed by atoms with Crippen molar-refractivity contribution in [1.82, 2.24) is 19.9 Å². The van der Waals surface area contributed by atoms with Crippen LogP contribution in [0, 0.1) is 0 Å². The zero-order valence-corrected chi connectivity index (χ0v) is 10.8. The molecule has 0 aliphatic heterocycles. The summed E-state index contributed by atoms with van der Waals surface area (Å²) in [6.45, 7) is 0. The van der Waals surface area contributed by atoms with Crippen LogP contribution in [0.25, 0.3) is 21.6 Å². The second-order valence-corrected chi connectivity index (χ2v) is 4.75. The molecule has 0 fully saturated rings. The van der Waals surface area contributed by atoms with E-state index in [0.29, 0.717) is 12.1 Å². The molecule has 2 aromatic rings. The third-order valence-electron chi connectivity index (χ3n) is 2.37. The van der Waals surface area contributed by atoms with Crippen LogP contribution < -0.4 is 0 Å². The van der Waals surface area contributed by atoms with Gasteiger partial charge in [0.15, 0.2) is 5.65 Å². The van der Waals surface area contributed by atoms with Crippen LogP contribution in [-0.4, -0.2) is 31.6 Å². The van der Waals surface area contributed by atoms with Gasteiger partial charge in [-0.25, -0.2) is 15.0 Å². The molecule has 2 heterocycles. The van der Waals surface area contributed by atoms with E-state index in [-0.39, 0.29) is 6.42 Å². The summed E-state index contributed by atoms with van der Waals surface area (Å²) in [5.41, 5.74) is 9.56. The Hall–Kier alpha value is -2.12. The number of aromatic nitrogens is 4. The molecule has 0 aromatic carbocycles. The fourth-order valence-corrected chi connectivity index (χ4v) is 2.46. The van der Waals surface area contributed by atoms with Crippen LogP contribution in [0.15, 0.2) is 22.8 Å². The molecule has 0 atom stereocenters. The number of amides is 1. The Bertz CT molecular complexity index is 619. The highest BCUT2D eigenvalue weighted by Crippen LogP contribution is 2.22. The summed E-state index contributed by atoms with van der Waals surface area (Å²) in [5.74, 6) is 0.416. The van der Waals surface area contributed by atoms with E-state index in [0.717, 1.165) is 22.7 Å². The molecule has 19 heavy (non-hydrogen) atoms. The average Bonchev–Trinajstić information content (AvgIpc) is 2.87. The van der Waals surface area contributed by atoms with Crippen molar-refractivity contribution in [3.05, 3.63) is 23.1 Å². The monoisotopic (exact) mass is 277 g/mol. The van der Waals surface area contributed by atoms with E-state index in [4.69, 9.17) is 5.53 Å². The molecule has 0 unspecified atom stereocenters. The van der Waals surface area contributed by atoms with Crippen molar-refractivity contribution in [1.29, 1.82) is 0 Å². The van der Waals surface area contributed by atoms with Crippen molar-refractivity contribution in [2.45, 2.75) is 24.3 Å². The molecule has 2 aromatic heterocycles. The minimum Gasteiger partial charge on any atom is -0.341 e. The Kier molecular flexibility index (Phi) is 4.71. The van der Waals surface area contributed by atoms with E-state index in [9.17, 15) is 4.79 Å². The fourth-order valence-electron chi connectivity index (χ4n) is 1.50. The SMILES string of the molecule is [N-]=[N+]=NC(=O)CCCCSc1ncnc2nc[nH]c12. The normalized spacial score (nSPS) is 10.3. The van der Waals surface area contributed by atoms with E-state index in [1.54, 1.807) is 18.1 Å². The van der Waals surface area contributed by atoms with Gasteiger partial charge in [0.05, 0.1) is 6.33 Å². The summed E-state index contributed by atoms with van der Waals surface area (Å²) < 4.78 is 0. The van der Waals surface area contributed by atoms with Crippen molar-refractivity contribution in [2.24, 2.45) is 5.11 Å². The molecule has 1 amide bonds. The summed E-state index contributed by atoms with van der Waals surface area (Å²) >= 11 is 1.58. The third kappa shape index (κ3) is 3.67. The number of carbonyl (C=O) groups excluding carboxylic acids is 1. The highest BCUT2D eigenvalue weighted by Gasteiger charge is 2.06. The van der Waals surface area contributed by atoms with E-state index in [1.807, 2.05) is 0 Å². The summed E-state index contributed by atoms with van der Waals surface area (Å²) in [6, 6.07) is 0. The molecule has 2 rings (SSSR count). The van der Waals surface area contributed by atoms with Gasteiger partial charge in [0, 0.05) is 11.3 Å². The summed E-state index contributed by atoms with van der Waals surface area (Å²) in [6.07, 6.45) is 4.89. The molecule has 0 aliphatic carbocycles. The Morgan fingerprint density at radius 2 is 2.32 bits per heavy atom. The van der Waals surface area contributed by atoms with Gasteiger partial charge in [0.2, 0.25) is 5.91 Å². The predicted octanol–water partition coefficient (Wildman–Crippen LogP) is 2.45. The van der Waals surface area contributed by atoms with Gasteiger partial charge < -0.3 is 4.98 Å². The number of nitrogens with zero attached hydrogens (tertiary/aromatic N) is 6. The van der Waals surface area contributed by atoms with Crippen molar-refractivity contribution in [3.8, 4) is 0 Å². The number of azide groups is 1. The lowest BCUT2D eigenvalue weighted by Gasteiger charge is -2.00. The number of imidazole rings is 1. The van der Waals surface area contributed by atoms with Gasteiger partial charge in [0.25, 0.3) is 0 Å². The minimum absolute atomic E-state index is 0.286. The van der Waals surface area contributed by atoms with Crippen LogP contribution in [0.2, 0.25) is 0 Å². The topological polar surface area (TPSA) is 120 Å². The maximum absolute atomic E-state index is 11.0. The zero-order chi connectivity index (χ0) is 13.5. The lowest BCUT2D eigenvalue weighted by Crippen LogP contribution is -1.92. The molecule has 1 N–H and O–H groups in total. The number of carbonyl (C=O) groups is 1. The number of rotatable bonds is 6. The van der Waals surface area contributed by atoms with Gasteiger partial charge in [-0.05, 0) is 29.2 Å². The van der Waals surface area contributed by atoms with Crippen molar-refractivity contribution in [2.75, 3.05) is 5.75 Å². The van der Waals surface area contributed by atoms with Gasteiger partial charge in [-0.15, -0.1) is 11.8 Å². The molecule has 0 saturated carbocycles. The smallest absolute Gasteiger partial charge is 0.218 e. The molecule has 8 nitrogen and oxygen atoms in total. The van der Waals surface area contributed by atoms with Gasteiger partial charge >= 0.3 is 0 Å². The Morgan fingerprint density at radius 1 is 1.42 bits per heavy atom. The number of aromatic amines is 1. The molecule has 0 aliphatic rings. The number of unbranched alkanes of at least 4 members (excludes halogenated alkanes) is 1. The summed E-state index contributed by atoms with van der Waals surface area (Å²) in [7, 11) is 0. The molecule has 0 spiro atoms. The molecule has 98 valence electrons. The Morgan fingerprint density at radius 3 is 3.16 bits per heavy atom. The average molecular weight is 277 g/mol. The van der Waals surface area contributed by atoms with Crippen molar-refractivity contribution >= 4 is 28.8 Å². The van der Waals surface area contributed by atoms with E-state index in [1.165, 1.54) is 6.33 Å². The number of nitrogens with one attached hydrogen (secondary N) is 1. The van der Waals surface area contributed by atoms with Crippen LogP contribution in [0.4, 0.5) is 0 Å². The first kappa shape index (κ1) is 13.3. The van der Waals surface area contributed by atoms with Gasteiger partial charge in [-0.1, -0.05) is 0 Å². The Labute approximate surface area is 112 Å². The van der Waals surface area contributed by atoms with Crippen LogP contribution in [0.1, 0.15) is 19.3 Å². The molecular formula is C10H11N7OS. The molecular weight excluding hydrogens is 266 g/mol. The third-order valence-corrected chi connectivity index (χ3v) is 3.44. The predicted molar refractivity (Wildman–Crippen MR) is 70.4 cm³/mol. The van der Waals surface area contributed by atoms with Crippen LogP contribution >= 0.6 is 11.8 Å². The number of hydrogen-bond donors (Lipinski definition) is 1. The maximum atomic E-state index is 11.0. The van der Waals surface area contributed by atoms with Crippen LogP contribution in [0.5, 0.6) is 0 Å². The fraction of sp³-hybridized carbons (Fsp3) is 0.400. The second-order valence-electron chi connectivity index (χ2n) is 3.67. The second kappa shape index (κ2) is 6.72. The number of H-pyrrole nitrogens is 1. The molecule has 0 bridgehead atoms. The first-order valence-corrected chi connectivity index (χ1v) is 6.64. The Balaban J connectivity index is 1.78. The summed E-state index contributed by atoms with van der Waals surface area (Å²) in [4.78, 5) is 28.7. The first-order chi connectivity index (χ1) is 9.31.